The maximum atomic E-state index is 12.7. The first-order valence-electron chi connectivity index (χ1n) is 9.34. The molecule has 0 aromatic heterocycles. The molecule has 0 aliphatic carbocycles. The molecule has 1 aliphatic rings. The van der Waals surface area contributed by atoms with Gasteiger partial charge in [-0.3, -0.25) is 9.69 Å². The minimum atomic E-state index is -0.114. The van der Waals surface area contributed by atoms with Crippen LogP contribution in [-0.4, -0.2) is 49.2 Å². The van der Waals surface area contributed by atoms with E-state index in [1.54, 1.807) is 0 Å². The summed E-state index contributed by atoms with van der Waals surface area (Å²) in [4.78, 5) is 15.1. The van der Waals surface area contributed by atoms with Gasteiger partial charge in [-0.05, 0) is 50.1 Å². The van der Waals surface area contributed by atoms with Crippen LogP contribution >= 0.6 is 11.6 Å². The van der Waals surface area contributed by atoms with Gasteiger partial charge in [0, 0.05) is 41.3 Å². The number of halogens is 1. The monoisotopic (exact) mass is 386 g/mol. The topological polar surface area (TPSA) is 41.6 Å². The molecule has 1 aliphatic heterocycles. The molecule has 4 nitrogen and oxygen atoms in total. The number of benzene rings is 2. The molecule has 0 radical (unpaired) electrons. The smallest absolute Gasteiger partial charge is 0.251 e. The van der Waals surface area contributed by atoms with Crippen LogP contribution in [-0.2, 0) is 4.74 Å². The molecular formula is C22H27ClN2O2. The van der Waals surface area contributed by atoms with E-state index in [-0.39, 0.29) is 11.4 Å². The highest BCUT2D eigenvalue weighted by Crippen LogP contribution is 2.29. The molecule has 2 aromatic carbocycles. The molecule has 27 heavy (non-hydrogen) atoms. The number of hydrogen-bond donors (Lipinski definition) is 1. The lowest BCUT2D eigenvalue weighted by atomic mass is 10.0. The van der Waals surface area contributed by atoms with Gasteiger partial charge in [-0.15, -0.1) is 0 Å². The van der Waals surface area contributed by atoms with Gasteiger partial charge in [0.05, 0.1) is 13.2 Å². The summed E-state index contributed by atoms with van der Waals surface area (Å²) in [5, 5.41) is 3.78. The van der Waals surface area contributed by atoms with Crippen molar-refractivity contribution in [1.29, 1.82) is 0 Å². The predicted molar refractivity (Wildman–Crippen MR) is 110 cm³/mol. The first-order valence-corrected chi connectivity index (χ1v) is 9.72. The molecule has 0 unspecified atom stereocenters. The Balaban J connectivity index is 1.70. The third kappa shape index (κ3) is 4.89. The first kappa shape index (κ1) is 19.9. The number of ether oxygens (including phenoxy) is 1. The number of hydrogen-bond acceptors (Lipinski definition) is 3. The molecule has 1 amide bonds. The van der Waals surface area contributed by atoms with Gasteiger partial charge in [0.1, 0.15) is 0 Å². The first-order chi connectivity index (χ1) is 12.9. The van der Waals surface area contributed by atoms with Crippen LogP contribution in [0.25, 0.3) is 11.1 Å². The van der Waals surface area contributed by atoms with Gasteiger partial charge in [-0.1, -0.05) is 35.9 Å². The lowest BCUT2D eigenvalue weighted by Crippen LogP contribution is -2.55. The summed E-state index contributed by atoms with van der Waals surface area (Å²) in [5.74, 6) is -0.0681. The number of amides is 1. The molecule has 3 rings (SSSR count). The Morgan fingerprint density at radius 2 is 1.93 bits per heavy atom. The van der Waals surface area contributed by atoms with E-state index >= 15 is 0 Å². The highest BCUT2D eigenvalue weighted by Gasteiger charge is 2.28. The van der Waals surface area contributed by atoms with Crippen LogP contribution in [0.3, 0.4) is 0 Å². The van der Waals surface area contributed by atoms with Crippen LogP contribution in [0.5, 0.6) is 0 Å². The fourth-order valence-corrected chi connectivity index (χ4v) is 3.71. The van der Waals surface area contributed by atoms with Crippen LogP contribution in [0, 0.1) is 6.92 Å². The van der Waals surface area contributed by atoms with Crippen molar-refractivity contribution in [2.24, 2.45) is 0 Å². The van der Waals surface area contributed by atoms with E-state index < -0.39 is 0 Å². The Morgan fingerprint density at radius 3 is 2.63 bits per heavy atom. The van der Waals surface area contributed by atoms with Gasteiger partial charge in [0.2, 0.25) is 0 Å². The summed E-state index contributed by atoms with van der Waals surface area (Å²) < 4.78 is 5.42. The largest absolute Gasteiger partial charge is 0.379 e. The van der Waals surface area contributed by atoms with Crippen LogP contribution in [0.4, 0.5) is 0 Å². The molecule has 0 spiro atoms. The molecule has 1 N–H and O–H groups in total. The number of carbonyl (C=O) groups excluding carboxylic acids is 1. The van der Waals surface area contributed by atoms with Crippen molar-refractivity contribution in [2.75, 3.05) is 32.8 Å². The third-order valence-corrected chi connectivity index (χ3v) is 5.42. The van der Waals surface area contributed by atoms with E-state index in [0.717, 1.165) is 43.0 Å². The number of nitrogens with zero attached hydrogens (tertiary/aromatic N) is 1. The quantitative estimate of drug-likeness (QED) is 0.839. The molecule has 1 saturated heterocycles. The Kier molecular flexibility index (Phi) is 6.20. The second kappa shape index (κ2) is 8.42. The SMILES string of the molecule is Cc1ccc(-c2cccc(C(=O)NCC(C)(C)N3CCOCC3)c2)c(Cl)c1. The van der Waals surface area contributed by atoms with E-state index in [1.807, 2.05) is 49.4 Å². The van der Waals surface area contributed by atoms with E-state index in [9.17, 15) is 4.79 Å². The highest BCUT2D eigenvalue weighted by atomic mass is 35.5. The number of rotatable bonds is 5. The molecule has 1 fully saturated rings. The Labute approximate surface area is 166 Å². The number of nitrogens with one attached hydrogen (secondary N) is 1. The number of morpholine rings is 1. The van der Waals surface area contributed by atoms with Crippen LogP contribution in [0.1, 0.15) is 29.8 Å². The van der Waals surface area contributed by atoms with Crippen molar-refractivity contribution in [3.63, 3.8) is 0 Å². The van der Waals surface area contributed by atoms with E-state index in [2.05, 4.69) is 24.1 Å². The molecule has 2 aromatic rings. The van der Waals surface area contributed by atoms with E-state index in [4.69, 9.17) is 16.3 Å². The molecule has 0 saturated carbocycles. The van der Waals surface area contributed by atoms with E-state index in [0.29, 0.717) is 17.1 Å². The second-order valence-electron chi connectivity index (χ2n) is 7.66. The Bertz CT molecular complexity index is 814. The number of carbonyl (C=O) groups is 1. The van der Waals surface area contributed by atoms with Crippen LogP contribution < -0.4 is 5.32 Å². The fourth-order valence-electron chi connectivity index (χ4n) is 3.36. The summed E-state index contributed by atoms with van der Waals surface area (Å²) in [6, 6.07) is 13.6. The van der Waals surface area contributed by atoms with Crippen molar-refractivity contribution in [1.82, 2.24) is 10.2 Å². The lowest BCUT2D eigenvalue weighted by molar-refractivity contribution is -0.00923. The van der Waals surface area contributed by atoms with E-state index in [1.165, 1.54) is 0 Å². The zero-order chi connectivity index (χ0) is 19.4. The summed E-state index contributed by atoms with van der Waals surface area (Å²) >= 11 is 6.39. The molecule has 5 heteroatoms. The third-order valence-electron chi connectivity index (χ3n) is 5.11. The fraction of sp³-hybridized carbons (Fsp3) is 0.409. The average molecular weight is 387 g/mol. The maximum absolute atomic E-state index is 12.7. The standard InChI is InChI=1S/C22H27ClN2O2/c1-16-7-8-19(20(23)13-16)17-5-4-6-18(14-17)21(26)24-15-22(2,3)25-9-11-27-12-10-25/h4-8,13-14H,9-12,15H2,1-3H3,(H,24,26). The highest BCUT2D eigenvalue weighted by molar-refractivity contribution is 6.33. The van der Waals surface area contributed by atoms with Crippen LogP contribution in [0.2, 0.25) is 5.02 Å². The predicted octanol–water partition coefficient (Wildman–Crippen LogP) is 4.16. The molecule has 0 atom stereocenters. The average Bonchev–Trinajstić information content (AvgIpc) is 2.67. The Hall–Kier alpha value is -1.88. The summed E-state index contributed by atoms with van der Waals surface area (Å²) in [5.41, 5.74) is 3.52. The van der Waals surface area contributed by atoms with Gasteiger partial charge in [0.15, 0.2) is 0 Å². The Morgan fingerprint density at radius 1 is 1.19 bits per heavy atom. The van der Waals surface area contributed by atoms with Gasteiger partial charge in [0.25, 0.3) is 5.91 Å². The summed E-state index contributed by atoms with van der Waals surface area (Å²) in [6.45, 7) is 10.2. The van der Waals surface area contributed by atoms with Crippen LogP contribution in [0.15, 0.2) is 42.5 Å². The number of aryl methyl sites for hydroxylation is 1. The normalized spacial score (nSPS) is 15.6. The van der Waals surface area contributed by atoms with Gasteiger partial charge < -0.3 is 10.1 Å². The maximum Gasteiger partial charge on any atom is 0.251 e. The molecule has 1 heterocycles. The molecule has 0 bridgehead atoms. The summed E-state index contributed by atoms with van der Waals surface area (Å²) in [6.07, 6.45) is 0. The lowest BCUT2D eigenvalue weighted by Gasteiger charge is -2.40. The van der Waals surface area contributed by atoms with Gasteiger partial charge >= 0.3 is 0 Å². The zero-order valence-corrected chi connectivity index (χ0v) is 17.0. The summed E-state index contributed by atoms with van der Waals surface area (Å²) in [7, 11) is 0. The molecule has 144 valence electrons. The minimum absolute atomic E-state index is 0.0681. The van der Waals surface area contributed by atoms with Crippen molar-refractivity contribution in [3.8, 4) is 11.1 Å². The van der Waals surface area contributed by atoms with Crippen molar-refractivity contribution in [3.05, 3.63) is 58.6 Å². The minimum Gasteiger partial charge on any atom is -0.379 e. The molecular weight excluding hydrogens is 360 g/mol. The zero-order valence-electron chi connectivity index (χ0n) is 16.2. The van der Waals surface area contributed by atoms with Crippen molar-refractivity contribution in [2.45, 2.75) is 26.3 Å². The van der Waals surface area contributed by atoms with Gasteiger partial charge in [-0.25, -0.2) is 0 Å². The van der Waals surface area contributed by atoms with Crippen molar-refractivity contribution >= 4 is 17.5 Å². The van der Waals surface area contributed by atoms with Gasteiger partial charge in [-0.2, -0.15) is 0 Å². The van der Waals surface area contributed by atoms with Crippen molar-refractivity contribution < 1.29 is 9.53 Å². The second-order valence-corrected chi connectivity index (χ2v) is 8.07.